The largest absolute Gasteiger partial charge is 0.508 e. The molecule has 0 spiro atoms. The Morgan fingerprint density at radius 1 is 1.35 bits per heavy atom. The van der Waals surface area contributed by atoms with Crippen LogP contribution >= 0.6 is 0 Å². The van der Waals surface area contributed by atoms with Gasteiger partial charge in [-0.25, -0.2) is 4.39 Å². The van der Waals surface area contributed by atoms with Gasteiger partial charge in [-0.3, -0.25) is 0 Å². The van der Waals surface area contributed by atoms with Gasteiger partial charge >= 0.3 is 0 Å². The van der Waals surface area contributed by atoms with E-state index in [9.17, 15) is 9.50 Å². The third-order valence-electron chi connectivity index (χ3n) is 3.22. The van der Waals surface area contributed by atoms with Crippen LogP contribution < -0.4 is 5.32 Å². The van der Waals surface area contributed by atoms with Crippen molar-refractivity contribution < 1.29 is 9.50 Å². The van der Waals surface area contributed by atoms with Crippen LogP contribution in [0, 0.1) is 12.7 Å². The predicted molar refractivity (Wildman–Crippen MR) is 65.8 cm³/mol. The van der Waals surface area contributed by atoms with Gasteiger partial charge in [-0.1, -0.05) is 0 Å². The van der Waals surface area contributed by atoms with Gasteiger partial charge < -0.3 is 15.3 Å². The molecular formula is C13H19FN2O. The van der Waals surface area contributed by atoms with Gasteiger partial charge in [0.1, 0.15) is 11.6 Å². The number of piperazine rings is 1. The monoisotopic (exact) mass is 238 g/mol. The van der Waals surface area contributed by atoms with Crippen LogP contribution in [0.2, 0.25) is 0 Å². The van der Waals surface area contributed by atoms with E-state index in [1.54, 1.807) is 6.92 Å². The molecule has 4 heteroatoms. The molecule has 0 bridgehead atoms. The van der Waals surface area contributed by atoms with E-state index in [0.717, 1.165) is 32.7 Å². The highest BCUT2D eigenvalue weighted by Gasteiger charge is 2.12. The fourth-order valence-electron chi connectivity index (χ4n) is 2.22. The lowest BCUT2D eigenvalue weighted by atomic mass is 10.1. The second-order valence-electron chi connectivity index (χ2n) is 4.58. The summed E-state index contributed by atoms with van der Waals surface area (Å²) in [5.41, 5.74) is 1.13. The molecule has 1 aromatic carbocycles. The standard InChI is InChI=1S/C13H19FN2O/c1-10-8-12(17)9-11(13(10)14)2-5-16-6-3-15-4-7-16/h8-9,15,17H,2-7H2,1H3. The normalized spacial score (nSPS) is 17.3. The first-order chi connectivity index (χ1) is 8.16. The Morgan fingerprint density at radius 2 is 2.06 bits per heavy atom. The summed E-state index contributed by atoms with van der Waals surface area (Å²) in [6.45, 7) is 6.56. The number of phenols is 1. The van der Waals surface area contributed by atoms with Crippen molar-refractivity contribution >= 4 is 0 Å². The molecule has 2 rings (SSSR count). The Balaban J connectivity index is 1.98. The third-order valence-corrected chi connectivity index (χ3v) is 3.22. The molecule has 0 aromatic heterocycles. The number of halogens is 1. The minimum absolute atomic E-state index is 0.152. The molecule has 0 radical (unpaired) electrons. The van der Waals surface area contributed by atoms with Crippen molar-refractivity contribution in [3.05, 3.63) is 29.1 Å². The Kier molecular flexibility index (Phi) is 3.97. The lowest BCUT2D eigenvalue weighted by Gasteiger charge is -2.27. The van der Waals surface area contributed by atoms with Crippen molar-refractivity contribution in [1.29, 1.82) is 0 Å². The molecule has 1 fully saturated rings. The molecular weight excluding hydrogens is 219 g/mol. The van der Waals surface area contributed by atoms with Crippen molar-refractivity contribution in [2.75, 3.05) is 32.7 Å². The van der Waals surface area contributed by atoms with E-state index in [2.05, 4.69) is 10.2 Å². The fraction of sp³-hybridized carbons (Fsp3) is 0.538. The summed E-state index contributed by atoms with van der Waals surface area (Å²) >= 11 is 0. The fourth-order valence-corrected chi connectivity index (χ4v) is 2.22. The van der Waals surface area contributed by atoms with Crippen molar-refractivity contribution in [3.8, 4) is 5.75 Å². The van der Waals surface area contributed by atoms with Crippen LogP contribution in [0.15, 0.2) is 12.1 Å². The maximum atomic E-state index is 13.8. The number of phenolic OH excluding ortho intramolecular Hbond substituents is 1. The number of hydrogen-bond donors (Lipinski definition) is 2. The summed E-state index contributed by atoms with van der Waals surface area (Å²) in [5, 5.41) is 12.8. The van der Waals surface area contributed by atoms with Crippen LogP contribution in [0.4, 0.5) is 4.39 Å². The number of aromatic hydroxyl groups is 1. The molecule has 1 aromatic rings. The minimum Gasteiger partial charge on any atom is -0.508 e. The zero-order valence-corrected chi connectivity index (χ0v) is 10.2. The predicted octanol–water partition coefficient (Wildman–Crippen LogP) is 1.29. The smallest absolute Gasteiger partial charge is 0.129 e. The first-order valence-electron chi connectivity index (χ1n) is 6.08. The summed E-state index contributed by atoms with van der Waals surface area (Å²) in [7, 11) is 0. The van der Waals surface area contributed by atoms with Gasteiger partial charge in [0.2, 0.25) is 0 Å². The van der Waals surface area contributed by atoms with Crippen LogP contribution in [-0.4, -0.2) is 42.7 Å². The number of rotatable bonds is 3. The quantitative estimate of drug-likeness (QED) is 0.833. The van der Waals surface area contributed by atoms with E-state index in [1.807, 2.05) is 0 Å². The topological polar surface area (TPSA) is 35.5 Å². The Morgan fingerprint density at radius 3 is 2.76 bits per heavy atom. The van der Waals surface area contributed by atoms with Crippen LogP contribution in [0.25, 0.3) is 0 Å². The summed E-state index contributed by atoms with van der Waals surface area (Å²) in [6, 6.07) is 2.99. The lowest BCUT2D eigenvalue weighted by Crippen LogP contribution is -2.44. The molecule has 0 aliphatic carbocycles. The zero-order valence-electron chi connectivity index (χ0n) is 10.2. The van der Waals surface area contributed by atoms with Gasteiger partial charge in [0.05, 0.1) is 0 Å². The van der Waals surface area contributed by atoms with E-state index in [4.69, 9.17) is 0 Å². The van der Waals surface area contributed by atoms with Gasteiger partial charge in [-0.2, -0.15) is 0 Å². The van der Waals surface area contributed by atoms with Gasteiger partial charge in [0.25, 0.3) is 0 Å². The maximum absolute atomic E-state index is 13.8. The van der Waals surface area contributed by atoms with Crippen molar-refractivity contribution in [2.45, 2.75) is 13.3 Å². The lowest BCUT2D eigenvalue weighted by molar-refractivity contribution is 0.243. The number of nitrogens with zero attached hydrogens (tertiary/aromatic N) is 1. The second kappa shape index (κ2) is 5.47. The van der Waals surface area contributed by atoms with E-state index in [0.29, 0.717) is 17.5 Å². The number of benzene rings is 1. The van der Waals surface area contributed by atoms with E-state index < -0.39 is 0 Å². The maximum Gasteiger partial charge on any atom is 0.129 e. The second-order valence-corrected chi connectivity index (χ2v) is 4.58. The highest BCUT2D eigenvalue weighted by molar-refractivity contribution is 5.34. The number of aryl methyl sites for hydroxylation is 1. The summed E-state index contributed by atoms with van der Waals surface area (Å²) < 4.78 is 13.8. The van der Waals surface area contributed by atoms with Crippen molar-refractivity contribution in [1.82, 2.24) is 10.2 Å². The van der Waals surface area contributed by atoms with Gasteiger partial charge in [-0.15, -0.1) is 0 Å². The number of hydrogen-bond acceptors (Lipinski definition) is 3. The summed E-state index contributed by atoms with van der Waals surface area (Å²) in [6.07, 6.45) is 0.654. The van der Waals surface area contributed by atoms with Gasteiger partial charge in [-0.05, 0) is 36.6 Å². The van der Waals surface area contributed by atoms with Crippen LogP contribution in [-0.2, 0) is 6.42 Å². The van der Waals surface area contributed by atoms with E-state index in [1.165, 1.54) is 12.1 Å². The molecule has 1 saturated heterocycles. The highest BCUT2D eigenvalue weighted by atomic mass is 19.1. The summed E-state index contributed by atoms with van der Waals surface area (Å²) in [4.78, 5) is 2.31. The average Bonchev–Trinajstić information content (AvgIpc) is 2.33. The molecule has 1 aliphatic heterocycles. The van der Waals surface area contributed by atoms with Gasteiger partial charge in [0, 0.05) is 32.7 Å². The molecule has 94 valence electrons. The Labute approximate surface area is 101 Å². The zero-order chi connectivity index (χ0) is 12.3. The third kappa shape index (κ3) is 3.17. The molecule has 0 saturated carbocycles. The van der Waals surface area contributed by atoms with E-state index >= 15 is 0 Å². The molecule has 1 heterocycles. The molecule has 1 aliphatic rings. The van der Waals surface area contributed by atoms with Crippen LogP contribution in [0.1, 0.15) is 11.1 Å². The Bertz CT molecular complexity index is 389. The first-order valence-corrected chi connectivity index (χ1v) is 6.08. The van der Waals surface area contributed by atoms with E-state index in [-0.39, 0.29) is 11.6 Å². The molecule has 17 heavy (non-hydrogen) atoms. The van der Waals surface area contributed by atoms with Crippen LogP contribution in [0.5, 0.6) is 5.75 Å². The first kappa shape index (κ1) is 12.3. The van der Waals surface area contributed by atoms with Crippen molar-refractivity contribution in [2.24, 2.45) is 0 Å². The molecule has 2 N–H and O–H groups in total. The SMILES string of the molecule is Cc1cc(O)cc(CCN2CCNCC2)c1F. The van der Waals surface area contributed by atoms with Crippen molar-refractivity contribution in [3.63, 3.8) is 0 Å². The van der Waals surface area contributed by atoms with Gasteiger partial charge in [0.15, 0.2) is 0 Å². The minimum atomic E-state index is -0.182. The average molecular weight is 238 g/mol. The molecule has 3 nitrogen and oxygen atoms in total. The number of nitrogens with one attached hydrogen (secondary N) is 1. The molecule has 0 amide bonds. The highest BCUT2D eigenvalue weighted by Crippen LogP contribution is 2.20. The summed E-state index contributed by atoms with van der Waals surface area (Å²) in [5.74, 6) is -0.0304. The molecule has 0 unspecified atom stereocenters. The molecule has 0 atom stereocenters. The van der Waals surface area contributed by atoms with Crippen LogP contribution in [0.3, 0.4) is 0 Å². The Hall–Kier alpha value is -1.13.